The van der Waals surface area contributed by atoms with Gasteiger partial charge < -0.3 is 11.1 Å². The number of pyridine rings is 1. The van der Waals surface area contributed by atoms with Gasteiger partial charge in [-0.05, 0) is 19.1 Å². The predicted octanol–water partition coefficient (Wildman–Crippen LogP) is 0.895. The molecule has 1 rings (SSSR count). The minimum absolute atomic E-state index is 0.107. The van der Waals surface area contributed by atoms with Crippen molar-refractivity contribution in [2.75, 3.05) is 18.1 Å². The van der Waals surface area contributed by atoms with Crippen molar-refractivity contribution >= 4 is 33.7 Å². The summed E-state index contributed by atoms with van der Waals surface area (Å²) in [5.41, 5.74) is 6.91. The molecule has 16 heavy (non-hydrogen) atoms. The van der Waals surface area contributed by atoms with Gasteiger partial charge in [0, 0.05) is 28.9 Å². The number of hydrogen-bond acceptors (Lipinski definition) is 4. The van der Waals surface area contributed by atoms with Gasteiger partial charge in [0.05, 0.1) is 17.6 Å². The van der Waals surface area contributed by atoms with Crippen molar-refractivity contribution in [3.63, 3.8) is 0 Å². The first-order valence-corrected chi connectivity index (χ1v) is 6.85. The predicted molar refractivity (Wildman–Crippen MR) is 72.1 cm³/mol. The van der Waals surface area contributed by atoms with Crippen molar-refractivity contribution < 1.29 is 4.21 Å². The molecule has 4 nitrogen and oxygen atoms in total. The summed E-state index contributed by atoms with van der Waals surface area (Å²) in [5, 5.41) is 3.26. The van der Waals surface area contributed by atoms with Crippen LogP contribution in [0, 0.1) is 0 Å². The summed E-state index contributed by atoms with van der Waals surface area (Å²) in [7, 11) is -0.819. The minimum Gasteiger partial charge on any atom is -0.388 e. The molecule has 1 aromatic heterocycles. The molecule has 0 aliphatic carbocycles. The zero-order valence-electron chi connectivity index (χ0n) is 9.27. The van der Waals surface area contributed by atoms with Crippen LogP contribution in [0.1, 0.15) is 12.6 Å². The molecule has 1 aromatic rings. The van der Waals surface area contributed by atoms with Crippen molar-refractivity contribution in [2.45, 2.75) is 12.2 Å². The number of nitrogens with zero attached hydrogens (tertiary/aromatic N) is 1. The molecule has 3 N–H and O–H groups in total. The van der Waals surface area contributed by atoms with Gasteiger partial charge in [0.25, 0.3) is 0 Å². The molecule has 0 aromatic carbocycles. The third-order valence-corrected chi connectivity index (χ3v) is 3.69. The van der Waals surface area contributed by atoms with Crippen LogP contribution in [0.3, 0.4) is 0 Å². The molecule has 0 bridgehead atoms. The van der Waals surface area contributed by atoms with Gasteiger partial charge in [-0.2, -0.15) is 0 Å². The maximum atomic E-state index is 11.1. The number of anilines is 1. The SMILES string of the molecule is CC(CNc1ccc(C(N)=S)nc1)S(C)=O. The van der Waals surface area contributed by atoms with E-state index in [1.54, 1.807) is 18.5 Å². The maximum Gasteiger partial charge on any atom is 0.122 e. The fourth-order valence-corrected chi connectivity index (χ4v) is 1.46. The van der Waals surface area contributed by atoms with Crippen LogP contribution in [0.25, 0.3) is 0 Å². The van der Waals surface area contributed by atoms with Crippen LogP contribution in [0.5, 0.6) is 0 Å². The van der Waals surface area contributed by atoms with Gasteiger partial charge in [0.1, 0.15) is 4.99 Å². The van der Waals surface area contributed by atoms with Gasteiger partial charge in [0.15, 0.2) is 0 Å². The van der Waals surface area contributed by atoms with Crippen LogP contribution >= 0.6 is 12.2 Å². The average molecular weight is 257 g/mol. The highest BCUT2D eigenvalue weighted by Gasteiger charge is 2.05. The normalized spacial score (nSPS) is 14.1. The van der Waals surface area contributed by atoms with Crippen molar-refractivity contribution in [3.8, 4) is 0 Å². The van der Waals surface area contributed by atoms with Gasteiger partial charge >= 0.3 is 0 Å². The number of hydrogen-bond donors (Lipinski definition) is 2. The standard InChI is InChI=1S/C10H15N3OS2/c1-7(16(2)14)5-12-8-3-4-9(10(11)15)13-6-8/h3-4,6-7,12H,5H2,1-2H3,(H2,11,15). The number of nitrogens with one attached hydrogen (secondary N) is 1. The van der Waals surface area contributed by atoms with Crippen LogP contribution in [-0.2, 0) is 10.8 Å². The molecule has 0 aliphatic rings. The van der Waals surface area contributed by atoms with E-state index in [0.717, 1.165) is 5.69 Å². The van der Waals surface area contributed by atoms with Crippen molar-refractivity contribution in [1.82, 2.24) is 4.98 Å². The van der Waals surface area contributed by atoms with Crippen LogP contribution < -0.4 is 11.1 Å². The van der Waals surface area contributed by atoms with E-state index in [1.807, 2.05) is 13.0 Å². The molecular weight excluding hydrogens is 242 g/mol. The summed E-state index contributed by atoms with van der Waals surface area (Å²) in [6.07, 6.45) is 3.36. The molecule has 6 heteroatoms. The summed E-state index contributed by atoms with van der Waals surface area (Å²) >= 11 is 4.80. The average Bonchev–Trinajstić information content (AvgIpc) is 2.26. The van der Waals surface area contributed by atoms with Crippen molar-refractivity contribution in [2.24, 2.45) is 5.73 Å². The molecule has 0 amide bonds. The van der Waals surface area contributed by atoms with E-state index in [0.29, 0.717) is 12.2 Å². The minimum atomic E-state index is -0.819. The summed E-state index contributed by atoms with van der Waals surface area (Å²) in [6, 6.07) is 3.62. The first-order chi connectivity index (χ1) is 7.50. The topological polar surface area (TPSA) is 68.0 Å². The summed E-state index contributed by atoms with van der Waals surface area (Å²) < 4.78 is 11.1. The molecule has 88 valence electrons. The lowest BCUT2D eigenvalue weighted by molar-refractivity contribution is 0.679. The highest BCUT2D eigenvalue weighted by Crippen LogP contribution is 2.06. The zero-order chi connectivity index (χ0) is 12.1. The molecule has 0 spiro atoms. The third kappa shape index (κ3) is 3.86. The van der Waals surface area contributed by atoms with E-state index < -0.39 is 10.8 Å². The highest BCUT2D eigenvalue weighted by atomic mass is 32.2. The summed E-state index contributed by atoms with van der Waals surface area (Å²) in [4.78, 5) is 4.38. The Kier molecular flexibility index (Phi) is 4.82. The van der Waals surface area contributed by atoms with Gasteiger partial charge in [-0.3, -0.25) is 9.19 Å². The lowest BCUT2D eigenvalue weighted by atomic mass is 10.3. The summed E-state index contributed by atoms with van der Waals surface area (Å²) in [6.45, 7) is 2.58. The van der Waals surface area contributed by atoms with Gasteiger partial charge in [-0.1, -0.05) is 12.2 Å². The van der Waals surface area contributed by atoms with E-state index in [4.69, 9.17) is 18.0 Å². The van der Waals surface area contributed by atoms with Crippen molar-refractivity contribution in [3.05, 3.63) is 24.0 Å². The Balaban J connectivity index is 2.56. The van der Waals surface area contributed by atoms with Crippen LogP contribution in [0.4, 0.5) is 5.69 Å². The Morgan fingerprint density at radius 1 is 1.69 bits per heavy atom. The van der Waals surface area contributed by atoms with Gasteiger partial charge in [0.2, 0.25) is 0 Å². The fraction of sp³-hybridized carbons (Fsp3) is 0.400. The van der Waals surface area contributed by atoms with E-state index in [2.05, 4.69) is 10.3 Å². The quantitative estimate of drug-likeness (QED) is 0.767. The lowest BCUT2D eigenvalue weighted by Crippen LogP contribution is -2.20. The molecule has 2 atom stereocenters. The largest absolute Gasteiger partial charge is 0.388 e. The van der Waals surface area contributed by atoms with Gasteiger partial charge in [-0.25, -0.2) is 0 Å². The summed E-state index contributed by atoms with van der Waals surface area (Å²) in [5.74, 6) is 0. The fourth-order valence-electron chi connectivity index (χ4n) is 1.02. The molecule has 1 heterocycles. The van der Waals surface area contributed by atoms with Crippen LogP contribution in [0.2, 0.25) is 0 Å². The number of aromatic nitrogens is 1. The molecule has 0 fully saturated rings. The van der Waals surface area contributed by atoms with E-state index >= 15 is 0 Å². The van der Waals surface area contributed by atoms with E-state index in [1.165, 1.54) is 0 Å². The second-order valence-electron chi connectivity index (χ2n) is 3.49. The molecule has 0 radical (unpaired) electrons. The maximum absolute atomic E-state index is 11.1. The Hall–Kier alpha value is -1.01. The van der Waals surface area contributed by atoms with Crippen LogP contribution in [-0.4, -0.2) is 32.2 Å². The first kappa shape index (κ1) is 13.1. The smallest absolute Gasteiger partial charge is 0.122 e. The van der Waals surface area contributed by atoms with E-state index in [-0.39, 0.29) is 10.2 Å². The second kappa shape index (κ2) is 5.91. The highest BCUT2D eigenvalue weighted by molar-refractivity contribution is 7.84. The zero-order valence-corrected chi connectivity index (χ0v) is 10.9. The van der Waals surface area contributed by atoms with Crippen molar-refractivity contribution in [1.29, 1.82) is 0 Å². The Morgan fingerprint density at radius 2 is 2.38 bits per heavy atom. The number of thiocarbonyl (C=S) groups is 1. The molecular formula is C10H15N3OS2. The Morgan fingerprint density at radius 3 is 2.81 bits per heavy atom. The Bertz CT molecular complexity index is 392. The number of nitrogens with two attached hydrogens (primary N) is 1. The molecule has 0 saturated carbocycles. The van der Waals surface area contributed by atoms with Gasteiger partial charge in [-0.15, -0.1) is 0 Å². The molecule has 0 aliphatic heterocycles. The first-order valence-electron chi connectivity index (χ1n) is 4.82. The lowest BCUT2D eigenvalue weighted by Gasteiger charge is -2.10. The second-order valence-corrected chi connectivity index (χ2v) is 5.73. The molecule has 2 unspecified atom stereocenters. The van der Waals surface area contributed by atoms with E-state index in [9.17, 15) is 4.21 Å². The third-order valence-electron chi connectivity index (χ3n) is 2.18. The monoisotopic (exact) mass is 257 g/mol. The molecule has 0 saturated heterocycles. The number of rotatable bonds is 5. The Labute approximate surface area is 103 Å². The van der Waals surface area contributed by atoms with Crippen LogP contribution in [0.15, 0.2) is 18.3 Å².